The van der Waals surface area contributed by atoms with Crippen LogP contribution in [0.3, 0.4) is 0 Å². The molecule has 0 aromatic carbocycles. The average Bonchev–Trinajstić information content (AvgIpc) is 2.05. The van der Waals surface area contributed by atoms with Crippen molar-refractivity contribution in [2.75, 3.05) is 10.9 Å². The van der Waals surface area contributed by atoms with E-state index < -0.39 is 0 Å². The predicted molar refractivity (Wildman–Crippen MR) is 44.9 cm³/mol. The zero-order valence-electron chi connectivity index (χ0n) is 5.61. The molecule has 1 aromatic rings. The summed E-state index contributed by atoms with van der Waals surface area (Å²) in [7, 11) is 0. The molecule has 0 aliphatic heterocycles. The minimum atomic E-state index is 0. The first-order valence-electron chi connectivity index (χ1n) is 2.63. The Kier molecular flexibility index (Phi) is 4.20. The molecule has 7 heteroatoms. The van der Waals surface area contributed by atoms with E-state index in [0.29, 0.717) is 11.8 Å². The van der Waals surface area contributed by atoms with Gasteiger partial charge in [0.25, 0.3) is 0 Å². The first-order valence-corrected chi connectivity index (χ1v) is 2.63. The minimum absolute atomic E-state index is 0. The van der Waals surface area contributed by atoms with E-state index >= 15 is 0 Å². The number of nitrogens with zero attached hydrogens (tertiary/aromatic N) is 2. The monoisotopic (exact) mass is 176 g/mol. The number of nitrogens with two attached hydrogens (primary N) is 2. The molecule has 0 spiro atoms. The Morgan fingerprint density at radius 1 is 1.27 bits per heavy atom. The van der Waals surface area contributed by atoms with E-state index in [-0.39, 0.29) is 12.4 Å². The van der Waals surface area contributed by atoms with Crippen molar-refractivity contribution in [2.45, 2.75) is 0 Å². The molecule has 0 atom stereocenters. The van der Waals surface area contributed by atoms with Crippen LogP contribution >= 0.6 is 12.4 Å². The number of anilines is 2. The van der Waals surface area contributed by atoms with E-state index in [1.807, 2.05) is 0 Å². The van der Waals surface area contributed by atoms with E-state index in [4.69, 9.17) is 11.7 Å². The maximum absolute atomic E-state index is 5.06. The molecule has 6 N–H and O–H groups in total. The number of hydrogen-bond donors (Lipinski definition) is 4. The lowest BCUT2D eigenvalue weighted by Gasteiger charge is -1.99. The highest BCUT2D eigenvalue weighted by molar-refractivity contribution is 5.85. The Morgan fingerprint density at radius 3 is 2.55 bits per heavy atom. The molecule has 0 amide bonds. The second-order valence-corrected chi connectivity index (χ2v) is 1.55. The highest BCUT2D eigenvalue weighted by Gasteiger charge is 1.92. The summed E-state index contributed by atoms with van der Waals surface area (Å²) in [4.78, 5) is 7.59. The number of rotatable bonds is 2. The number of nitrogen functional groups attached to an aromatic ring is 2. The molecule has 0 unspecified atom stereocenters. The fourth-order valence-electron chi connectivity index (χ4n) is 0.509. The Hall–Kier alpha value is -1.11. The summed E-state index contributed by atoms with van der Waals surface area (Å²) >= 11 is 0. The SMILES string of the molecule is Cl.NNc1ccnc(NN)n1. The summed E-state index contributed by atoms with van der Waals surface area (Å²) < 4.78 is 0. The van der Waals surface area contributed by atoms with Crippen LogP contribution in [0.1, 0.15) is 0 Å². The van der Waals surface area contributed by atoms with Gasteiger partial charge >= 0.3 is 0 Å². The number of halogens is 1. The zero-order valence-corrected chi connectivity index (χ0v) is 6.43. The van der Waals surface area contributed by atoms with Crippen LogP contribution in [0.4, 0.5) is 11.8 Å². The lowest BCUT2D eigenvalue weighted by atomic mass is 10.6. The van der Waals surface area contributed by atoms with E-state index in [0.717, 1.165) is 0 Å². The molecule has 0 radical (unpaired) electrons. The van der Waals surface area contributed by atoms with Gasteiger partial charge in [0.2, 0.25) is 5.95 Å². The fraction of sp³-hybridized carbons (Fsp3) is 0. The highest BCUT2D eigenvalue weighted by atomic mass is 35.5. The quantitative estimate of drug-likeness (QED) is 0.357. The van der Waals surface area contributed by atoms with Gasteiger partial charge in [-0.05, 0) is 0 Å². The fourth-order valence-corrected chi connectivity index (χ4v) is 0.509. The van der Waals surface area contributed by atoms with Crippen LogP contribution in [0.2, 0.25) is 0 Å². The van der Waals surface area contributed by atoms with Crippen molar-refractivity contribution in [3.8, 4) is 0 Å². The summed E-state index contributed by atoms with van der Waals surface area (Å²) in [5.74, 6) is 10.9. The summed E-state index contributed by atoms with van der Waals surface area (Å²) in [5, 5.41) is 0. The molecule has 0 aliphatic rings. The molecule has 11 heavy (non-hydrogen) atoms. The van der Waals surface area contributed by atoms with Gasteiger partial charge in [-0.3, -0.25) is 5.43 Å². The van der Waals surface area contributed by atoms with Gasteiger partial charge in [0, 0.05) is 12.3 Å². The van der Waals surface area contributed by atoms with Crippen LogP contribution in [-0.2, 0) is 0 Å². The smallest absolute Gasteiger partial charge is 0.239 e. The molecule has 0 fully saturated rings. The third kappa shape index (κ3) is 2.54. The third-order valence-corrected chi connectivity index (χ3v) is 0.933. The van der Waals surface area contributed by atoms with Crippen molar-refractivity contribution in [1.29, 1.82) is 0 Å². The Morgan fingerprint density at radius 2 is 2.00 bits per heavy atom. The molecule has 1 heterocycles. The lowest BCUT2D eigenvalue weighted by Crippen LogP contribution is -2.13. The number of hydrazine groups is 2. The van der Waals surface area contributed by atoms with Crippen LogP contribution in [0.25, 0.3) is 0 Å². The van der Waals surface area contributed by atoms with Gasteiger partial charge in [-0.25, -0.2) is 16.7 Å². The van der Waals surface area contributed by atoms with Gasteiger partial charge in [-0.15, -0.1) is 12.4 Å². The summed E-state index contributed by atoms with van der Waals surface area (Å²) in [6.07, 6.45) is 1.54. The lowest BCUT2D eigenvalue weighted by molar-refractivity contribution is 1.10. The van der Waals surface area contributed by atoms with E-state index in [9.17, 15) is 0 Å². The number of aromatic nitrogens is 2. The first-order chi connectivity index (χ1) is 4.86. The van der Waals surface area contributed by atoms with Crippen LogP contribution in [0, 0.1) is 0 Å². The van der Waals surface area contributed by atoms with E-state index in [1.54, 1.807) is 6.07 Å². The maximum Gasteiger partial charge on any atom is 0.239 e. The van der Waals surface area contributed by atoms with Gasteiger partial charge in [0.05, 0.1) is 0 Å². The van der Waals surface area contributed by atoms with Crippen LogP contribution in [-0.4, -0.2) is 9.97 Å². The molecular weight excluding hydrogens is 168 g/mol. The topological polar surface area (TPSA) is 102 Å². The first kappa shape index (κ1) is 9.89. The summed E-state index contributed by atoms with van der Waals surface area (Å²) in [6, 6.07) is 1.63. The molecule has 62 valence electrons. The van der Waals surface area contributed by atoms with Gasteiger partial charge in [-0.2, -0.15) is 4.98 Å². The molecule has 6 nitrogen and oxygen atoms in total. The molecule has 0 saturated carbocycles. The van der Waals surface area contributed by atoms with Crippen LogP contribution in [0.15, 0.2) is 12.3 Å². The van der Waals surface area contributed by atoms with Crippen LogP contribution < -0.4 is 22.5 Å². The summed E-state index contributed by atoms with van der Waals surface area (Å²) in [5.41, 5.74) is 4.64. The number of nitrogens with one attached hydrogen (secondary N) is 2. The molecule has 1 aromatic heterocycles. The van der Waals surface area contributed by atoms with Crippen molar-refractivity contribution < 1.29 is 0 Å². The molecule has 0 aliphatic carbocycles. The Bertz CT molecular complexity index is 196. The van der Waals surface area contributed by atoms with E-state index in [1.165, 1.54) is 6.20 Å². The van der Waals surface area contributed by atoms with Crippen LogP contribution in [0.5, 0.6) is 0 Å². The van der Waals surface area contributed by atoms with Gasteiger partial charge in [0.15, 0.2) is 0 Å². The molecule has 0 saturated heterocycles. The van der Waals surface area contributed by atoms with Crippen molar-refractivity contribution >= 4 is 24.2 Å². The van der Waals surface area contributed by atoms with E-state index in [2.05, 4.69) is 20.8 Å². The second kappa shape index (κ2) is 4.67. The van der Waals surface area contributed by atoms with Gasteiger partial charge in [0.1, 0.15) is 5.82 Å². The average molecular weight is 177 g/mol. The summed E-state index contributed by atoms with van der Waals surface area (Å²) in [6.45, 7) is 0. The van der Waals surface area contributed by atoms with Gasteiger partial charge < -0.3 is 5.43 Å². The third-order valence-electron chi connectivity index (χ3n) is 0.933. The molecule has 1 rings (SSSR count). The number of hydrogen-bond acceptors (Lipinski definition) is 6. The maximum atomic E-state index is 5.06. The van der Waals surface area contributed by atoms with Crippen molar-refractivity contribution in [1.82, 2.24) is 9.97 Å². The molecule has 0 bridgehead atoms. The Labute approximate surface area is 69.7 Å². The highest BCUT2D eigenvalue weighted by Crippen LogP contribution is 2.00. The predicted octanol–water partition coefficient (Wildman–Crippen LogP) is -0.530. The Balaban J connectivity index is 0.000001000. The standard InChI is InChI=1S/C4H8N6.ClH/c5-9-3-1-2-7-4(8-3)10-6;/h1-2H,5-6H2,(H2,7,8,9,10);1H. The van der Waals surface area contributed by atoms with Crippen molar-refractivity contribution in [3.63, 3.8) is 0 Å². The van der Waals surface area contributed by atoms with Crippen molar-refractivity contribution in [2.24, 2.45) is 11.7 Å². The largest absolute Gasteiger partial charge is 0.308 e. The van der Waals surface area contributed by atoms with Crippen molar-refractivity contribution in [3.05, 3.63) is 12.3 Å². The normalized spacial score (nSPS) is 8.18. The second-order valence-electron chi connectivity index (χ2n) is 1.55. The zero-order chi connectivity index (χ0) is 7.40. The van der Waals surface area contributed by atoms with Gasteiger partial charge in [-0.1, -0.05) is 0 Å². The molecular formula is C4H9ClN6. The minimum Gasteiger partial charge on any atom is -0.308 e.